The number of hydrogen-bond acceptors (Lipinski definition) is 5. The molecule has 7 nitrogen and oxygen atoms in total. The van der Waals surface area contributed by atoms with Crippen LogP contribution >= 0.6 is 11.6 Å². The molecule has 0 bridgehead atoms. The van der Waals surface area contributed by atoms with E-state index in [-0.39, 0.29) is 6.09 Å². The van der Waals surface area contributed by atoms with Crippen LogP contribution in [-0.4, -0.2) is 49.4 Å². The van der Waals surface area contributed by atoms with E-state index in [0.29, 0.717) is 42.2 Å². The number of carbonyl (C=O) groups is 1. The first-order chi connectivity index (χ1) is 11.2. The second-order valence-corrected chi connectivity index (χ2v) is 7.43. The standard InChI is InChI=1S/C16H21ClN4O3/c1-15(2,3)24-14(22)20-8-5-16(23,6-9-20)11-4-7-21-12(11)13(17)18-10-19-21/h4,7,10,23H,5-6,8-9H2,1-3H3. The second-order valence-electron chi connectivity index (χ2n) is 7.07. The van der Waals surface area contributed by atoms with Gasteiger partial charge >= 0.3 is 6.09 Å². The van der Waals surface area contributed by atoms with E-state index in [4.69, 9.17) is 16.3 Å². The van der Waals surface area contributed by atoms with Crippen LogP contribution in [0.15, 0.2) is 18.6 Å². The Morgan fingerprint density at radius 2 is 2.04 bits per heavy atom. The van der Waals surface area contributed by atoms with Crippen LogP contribution in [0.4, 0.5) is 4.79 Å². The van der Waals surface area contributed by atoms with Crippen molar-refractivity contribution in [3.63, 3.8) is 0 Å². The molecule has 8 heteroatoms. The van der Waals surface area contributed by atoms with Gasteiger partial charge in [-0.3, -0.25) is 0 Å². The highest BCUT2D eigenvalue weighted by Gasteiger charge is 2.38. The number of amides is 1. The number of halogens is 1. The van der Waals surface area contributed by atoms with Crippen molar-refractivity contribution in [2.75, 3.05) is 13.1 Å². The van der Waals surface area contributed by atoms with Crippen molar-refractivity contribution >= 4 is 23.2 Å². The molecular formula is C16H21ClN4O3. The third-order valence-electron chi connectivity index (χ3n) is 4.15. The van der Waals surface area contributed by atoms with E-state index in [9.17, 15) is 9.90 Å². The Kier molecular flexibility index (Phi) is 4.17. The number of aliphatic hydroxyl groups is 1. The first-order valence-corrected chi connectivity index (χ1v) is 8.26. The van der Waals surface area contributed by atoms with E-state index in [0.717, 1.165) is 0 Å². The van der Waals surface area contributed by atoms with Gasteiger partial charge in [0.15, 0.2) is 5.15 Å². The van der Waals surface area contributed by atoms with Crippen molar-refractivity contribution in [2.45, 2.75) is 44.8 Å². The van der Waals surface area contributed by atoms with E-state index >= 15 is 0 Å². The molecule has 3 heterocycles. The Bertz CT molecular complexity index is 760. The van der Waals surface area contributed by atoms with Crippen LogP contribution in [0.5, 0.6) is 0 Å². The minimum atomic E-state index is -1.07. The zero-order valence-electron chi connectivity index (χ0n) is 14.0. The lowest BCUT2D eigenvalue weighted by atomic mass is 9.85. The molecule has 2 aromatic rings. The summed E-state index contributed by atoms with van der Waals surface area (Å²) >= 11 is 6.17. The summed E-state index contributed by atoms with van der Waals surface area (Å²) in [6.07, 6.45) is 3.56. The number of piperidine rings is 1. The molecule has 1 amide bonds. The van der Waals surface area contributed by atoms with Gasteiger partial charge in [0, 0.05) is 24.8 Å². The predicted octanol–water partition coefficient (Wildman–Crippen LogP) is 2.60. The lowest BCUT2D eigenvalue weighted by Gasteiger charge is -2.38. The predicted molar refractivity (Wildman–Crippen MR) is 88.9 cm³/mol. The molecule has 3 rings (SSSR count). The molecule has 0 atom stereocenters. The lowest BCUT2D eigenvalue weighted by molar-refractivity contribution is -0.0347. The second kappa shape index (κ2) is 5.89. The number of carbonyl (C=O) groups excluding carboxylic acids is 1. The summed E-state index contributed by atoms with van der Waals surface area (Å²) in [5.41, 5.74) is -0.306. The maximum Gasteiger partial charge on any atom is 0.410 e. The van der Waals surface area contributed by atoms with E-state index in [1.807, 2.05) is 20.8 Å². The van der Waals surface area contributed by atoms with E-state index in [1.54, 1.807) is 21.7 Å². The van der Waals surface area contributed by atoms with Crippen molar-refractivity contribution in [1.82, 2.24) is 19.5 Å². The maximum absolute atomic E-state index is 12.2. The first kappa shape index (κ1) is 17.0. The average Bonchev–Trinajstić information content (AvgIpc) is 2.92. The van der Waals surface area contributed by atoms with Gasteiger partial charge in [-0.15, -0.1) is 0 Å². The Morgan fingerprint density at radius 3 is 2.67 bits per heavy atom. The summed E-state index contributed by atoms with van der Waals surface area (Å²) in [6, 6.07) is 1.80. The number of hydrogen-bond donors (Lipinski definition) is 1. The van der Waals surface area contributed by atoms with Crippen LogP contribution in [0.1, 0.15) is 39.2 Å². The highest BCUT2D eigenvalue weighted by Crippen LogP contribution is 2.37. The monoisotopic (exact) mass is 352 g/mol. The SMILES string of the molecule is CC(C)(C)OC(=O)N1CCC(O)(c2ccn3ncnc(Cl)c23)CC1. The zero-order chi connectivity index (χ0) is 17.5. The molecule has 0 saturated carbocycles. The number of likely N-dealkylation sites (tertiary alicyclic amines) is 1. The molecule has 1 N–H and O–H groups in total. The highest BCUT2D eigenvalue weighted by atomic mass is 35.5. The molecule has 0 spiro atoms. The fourth-order valence-electron chi connectivity index (χ4n) is 2.95. The number of fused-ring (bicyclic) bond motifs is 1. The molecule has 1 fully saturated rings. The minimum absolute atomic E-state index is 0.299. The van der Waals surface area contributed by atoms with Gasteiger partial charge in [0.25, 0.3) is 0 Å². The summed E-state index contributed by atoms with van der Waals surface area (Å²) in [4.78, 5) is 17.8. The van der Waals surface area contributed by atoms with Gasteiger partial charge in [-0.2, -0.15) is 5.10 Å². The van der Waals surface area contributed by atoms with Crippen molar-refractivity contribution in [2.24, 2.45) is 0 Å². The van der Waals surface area contributed by atoms with E-state index < -0.39 is 11.2 Å². The first-order valence-electron chi connectivity index (χ1n) is 7.88. The number of nitrogens with zero attached hydrogens (tertiary/aromatic N) is 4. The largest absolute Gasteiger partial charge is 0.444 e. The zero-order valence-corrected chi connectivity index (χ0v) is 14.7. The van der Waals surface area contributed by atoms with Gasteiger partial charge in [0.2, 0.25) is 0 Å². The highest BCUT2D eigenvalue weighted by molar-refractivity contribution is 6.32. The molecule has 1 aliphatic heterocycles. The lowest BCUT2D eigenvalue weighted by Crippen LogP contribution is -2.46. The van der Waals surface area contributed by atoms with Crippen molar-refractivity contribution in [3.8, 4) is 0 Å². The molecule has 2 aromatic heterocycles. The molecule has 0 aromatic carbocycles. The summed E-state index contributed by atoms with van der Waals surface area (Å²) < 4.78 is 6.99. The van der Waals surface area contributed by atoms with Gasteiger partial charge in [-0.25, -0.2) is 14.3 Å². The number of aromatic nitrogens is 3. The van der Waals surface area contributed by atoms with Crippen LogP contribution in [0.25, 0.3) is 5.52 Å². The Balaban J connectivity index is 1.78. The smallest absolute Gasteiger partial charge is 0.410 e. The molecule has 1 saturated heterocycles. The summed E-state index contributed by atoms with van der Waals surface area (Å²) in [6.45, 7) is 6.32. The van der Waals surface area contributed by atoms with Crippen molar-refractivity contribution in [3.05, 3.63) is 29.3 Å². The summed E-state index contributed by atoms with van der Waals surface area (Å²) in [5, 5.41) is 15.5. The molecule has 0 aliphatic carbocycles. The Morgan fingerprint density at radius 1 is 1.38 bits per heavy atom. The number of rotatable bonds is 1. The Labute approximate surface area is 145 Å². The molecule has 0 radical (unpaired) electrons. The minimum Gasteiger partial charge on any atom is -0.444 e. The van der Waals surface area contributed by atoms with Gasteiger partial charge in [-0.05, 0) is 39.7 Å². The van der Waals surface area contributed by atoms with Crippen molar-refractivity contribution in [1.29, 1.82) is 0 Å². The van der Waals surface area contributed by atoms with Gasteiger partial charge in [0.1, 0.15) is 17.4 Å². The summed E-state index contributed by atoms with van der Waals surface area (Å²) in [7, 11) is 0. The quantitative estimate of drug-likeness (QED) is 0.853. The normalized spacial score (nSPS) is 18.0. The summed E-state index contributed by atoms with van der Waals surface area (Å²) in [5.74, 6) is 0. The molecular weight excluding hydrogens is 332 g/mol. The van der Waals surface area contributed by atoms with Crippen LogP contribution in [0, 0.1) is 0 Å². The maximum atomic E-state index is 12.2. The third kappa shape index (κ3) is 3.18. The Hall–Kier alpha value is -1.86. The van der Waals surface area contributed by atoms with Crippen LogP contribution < -0.4 is 0 Å². The van der Waals surface area contributed by atoms with Gasteiger partial charge in [0.05, 0.1) is 5.60 Å². The average molecular weight is 353 g/mol. The van der Waals surface area contributed by atoms with Crippen LogP contribution in [0.2, 0.25) is 5.15 Å². The molecule has 24 heavy (non-hydrogen) atoms. The van der Waals surface area contributed by atoms with E-state index in [2.05, 4.69) is 10.1 Å². The van der Waals surface area contributed by atoms with E-state index in [1.165, 1.54) is 6.33 Å². The van der Waals surface area contributed by atoms with Gasteiger partial charge < -0.3 is 14.7 Å². The molecule has 130 valence electrons. The third-order valence-corrected chi connectivity index (χ3v) is 4.43. The van der Waals surface area contributed by atoms with Gasteiger partial charge in [-0.1, -0.05) is 11.6 Å². The van der Waals surface area contributed by atoms with Crippen molar-refractivity contribution < 1.29 is 14.6 Å². The number of ether oxygens (including phenoxy) is 1. The fraction of sp³-hybridized carbons (Fsp3) is 0.562. The fourth-order valence-corrected chi connectivity index (χ4v) is 3.18. The van der Waals surface area contributed by atoms with Crippen LogP contribution in [0.3, 0.4) is 0 Å². The molecule has 1 aliphatic rings. The van der Waals surface area contributed by atoms with Crippen LogP contribution in [-0.2, 0) is 10.3 Å². The topological polar surface area (TPSA) is 80.0 Å². The molecule has 0 unspecified atom stereocenters.